The van der Waals surface area contributed by atoms with E-state index in [4.69, 9.17) is 12.2 Å². The topological polar surface area (TPSA) is 89.1 Å². The largest absolute Gasteiger partial charge is 0.353 e. The second-order valence-corrected chi connectivity index (χ2v) is 8.73. The van der Waals surface area contributed by atoms with E-state index in [1.807, 2.05) is 77.8 Å². The molecule has 0 bridgehead atoms. The van der Waals surface area contributed by atoms with Crippen LogP contribution in [0.15, 0.2) is 79.3 Å². The van der Waals surface area contributed by atoms with Crippen molar-refractivity contribution in [1.82, 2.24) is 14.5 Å². The van der Waals surface area contributed by atoms with Gasteiger partial charge in [-0.25, -0.2) is 9.97 Å². The summed E-state index contributed by atoms with van der Waals surface area (Å²) in [4.78, 5) is 22.1. The molecule has 8 nitrogen and oxygen atoms in total. The molecule has 0 spiro atoms. The average molecular weight is 484 g/mol. The van der Waals surface area contributed by atoms with Crippen LogP contribution in [0.5, 0.6) is 0 Å². The van der Waals surface area contributed by atoms with Gasteiger partial charge in [0.1, 0.15) is 11.0 Å². The third-order valence-electron chi connectivity index (χ3n) is 6.19. The van der Waals surface area contributed by atoms with Gasteiger partial charge in [0.15, 0.2) is 0 Å². The quantitative estimate of drug-likeness (QED) is 0.205. The van der Waals surface area contributed by atoms with Gasteiger partial charge in [-0.3, -0.25) is 10.1 Å². The molecule has 9 heteroatoms. The van der Waals surface area contributed by atoms with E-state index < -0.39 is 4.92 Å². The van der Waals surface area contributed by atoms with E-state index in [2.05, 4.69) is 25.9 Å². The fourth-order valence-corrected chi connectivity index (χ4v) is 4.71. The number of nitrogens with zero attached hydrogens (tertiary/aromatic N) is 5. The number of nitro groups is 1. The lowest BCUT2D eigenvalue weighted by Gasteiger charge is -2.33. The van der Waals surface area contributed by atoms with Gasteiger partial charge in [0.2, 0.25) is 11.6 Å². The normalized spacial score (nSPS) is 14.0. The summed E-state index contributed by atoms with van der Waals surface area (Å²) in [5.41, 5.74) is 2.71. The van der Waals surface area contributed by atoms with E-state index in [0.29, 0.717) is 24.6 Å². The van der Waals surface area contributed by atoms with E-state index in [1.54, 1.807) is 0 Å². The molecule has 1 radical (unpaired) electrons. The Balaban J connectivity index is 1.35. The maximum Gasteiger partial charge on any atom is 0.353 e. The van der Waals surface area contributed by atoms with E-state index >= 15 is 0 Å². The van der Waals surface area contributed by atoms with Gasteiger partial charge in [-0.05, 0) is 54.3 Å². The molecule has 0 aliphatic carbocycles. The molecule has 3 heterocycles. The van der Waals surface area contributed by atoms with Crippen LogP contribution >= 0.6 is 12.2 Å². The third-order valence-corrected chi connectivity index (χ3v) is 6.54. The van der Waals surface area contributed by atoms with Crippen molar-refractivity contribution in [1.29, 1.82) is 0 Å². The Morgan fingerprint density at radius 3 is 2.40 bits per heavy atom. The molecule has 1 saturated heterocycles. The summed E-state index contributed by atoms with van der Waals surface area (Å²) in [6.07, 6.45) is 5.01. The second kappa shape index (κ2) is 10.0. The van der Waals surface area contributed by atoms with Crippen LogP contribution < -0.4 is 10.2 Å². The minimum atomic E-state index is -0.411. The molecule has 1 fully saturated rings. The van der Waals surface area contributed by atoms with Gasteiger partial charge >= 0.3 is 5.69 Å². The third kappa shape index (κ3) is 4.90. The number of aromatic nitrogens is 3. The lowest BCUT2D eigenvalue weighted by Crippen LogP contribution is -2.35. The van der Waals surface area contributed by atoms with E-state index in [-0.39, 0.29) is 17.5 Å². The van der Waals surface area contributed by atoms with Gasteiger partial charge in [-0.2, -0.15) is 0 Å². The first-order valence-electron chi connectivity index (χ1n) is 11.4. The molecule has 2 aromatic carbocycles. The maximum atomic E-state index is 12.1. The maximum absolute atomic E-state index is 12.1. The van der Waals surface area contributed by atoms with Crippen LogP contribution in [0.4, 0.5) is 23.0 Å². The lowest BCUT2D eigenvalue weighted by atomic mass is 10.0. The molecular weight excluding hydrogens is 460 g/mol. The minimum Gasteiger partial charge on any atom is -0.351 e. The van der Waals surface area contributed by atoms with Crippen molar-refractivity contribution in [3.05, 3.63) is 100 Å². The summed E-state index contributed by atoms with van der Waals surface area (Å²) in [6, 6.07) is 24.5. The molecule has 0 atom stereocenters. The van der Waals surface area contributed by atoms with Crippen LogP contribution in [0.25, 0.3) is 11.1 Å². The zero-order chi connectivity index (χ0) is 24.2. The molecular formula is C26H23N6O2S. The predicted molar refractivity (Wildman–Crippen MR) is 138 cm³/mol. The highest BCUT2D eigenvalue weighted by Crippen LogP contribution is 2.36. The molecule has 2 aromatic heterocycles. The number of hydrogen-bond acceptors (Lipinski definition) is 7. The predicted octanol–water partition coefficient (Wildman–Crippen LogP) is 5.97. The molecule has 0 unspecified atom stereocenters. The van der Waals surface area contributed by atoms with Crippen molar-refractivity contribution in [2.24, 2.45) is 0 Å². The molecule has 4 aromatic rings. The number of benzene rings is 2. The van der Waals surface area contributed by atoms with Gasteiger partial charge < -0.3 is 14.8 Å². The fraction of sp³-hybridized carbons (Fsp3) is 0.192. The first kappa shape index (κ1) is 22.7. The summed E-state index contributed by atoms with van der Waals surface area (Å²) in [5.74, 6) is 0.509. The average Bonchev–Trinajstić information content (AvgIpc) is 2.90. The van der Waals surface area contributed by atoms with Crippen molar-refractivity contribution < 1.29 is 4.92 Å². The monoisotopic (exact) mass is 483 g/mol. The standard InChI is InChI=1S/C26H23N6O2S/c33-32(34)24-25(29-21-11-9-20(10-12-21)19-6-2-1-3-7-19)27-18-28-26(24)30-16-13-22(14-17-30)31-15-5-4-8-23(31)35/h2-12,15,18,22H,13-14,16-17H2,(H,27,28,29). The summed E-state index contributed by atoms with van der Waals surface area (Å²) < 4.78 is 2.90. The van der Waals surface area contributed by atoms with Crippen molar-refractivity contribution in [2.45, 2.75) is 18.9 Å². The highest BCUT2D eigenvalue weighted by molar-refractivity contribution is 7.71. The summed E-state index contributed by atoms with van der Waals surface area (Å²) >= 11 is 5.46. The highest BCUT2D eigenvalue weighted by atomic mass is 32.1. The van der Waals surface area contributed by atoms with Crippen LogP contribution in [0.2, 0.25) is 0 Å². The fourth-order valence-electron chi connectivity index (χ4n) is 4.42. The minimum absolute atomic E-state index is 0.120. The summed E-state index contributed by atoms with van der Waals surface area (Å²) in [6.45, 7) is 1.28. The molecule has 175 valence electrons. The Labute approximate surface area is 208 Å². The molecule has 35 heavy (non-hydrogen) atoms. The van der Waals surface area contributed by atoms with E-state index in [1.165, 1.54) is 6.33 Å². The zero-order valence-electron chi connectivity index (χ0n) is 18.9. The van der Waals surface area contributed by atoms with Gasteiger partial charge in [-0.15, -0.1) is 0 Å². The van der Waals surface area contributed by atoms with E-state index in [9.17, 15) is 10.1 Å². The van der Waals surface area contributed by atoms with Gasteiger partial charge in [-0.1, -0.05) is 54.7 Å². The molecule has 5 rings (SSSR count). The van der Waals surface area contributed by atoms with Crippen LogP contribution in [0.1, 0.15) is 18.9 Å². The van der Waals surface area contributed by atoms with Gasteiger partial charge in [0.25, 0.3) is 0 Å². The number of nitrogens with one attached hydrogen (secondary N) is 1. The van der Waals surface area contributed by atoms with Crippen molar-refractivity contribution in [3.63, 3.8) is 0 Å². The van der Waals surface area contributed by atoms with Crippen molar-refractivity contribution in [2.75, 3.05) is 23.3 Å². The number of pyridine rings is 1. The first-order chi connectivity index (χ1) is 17.1. The lowest BCUT2D eigenvalue weighted by molar-refractivity contribution is -0.383. The van der Waals surface area contributed by atoms with Crippen LogP contribution in [0, 0.1) is 20.8 Å². The van der Waals surface area contributed by atoms with Crippen LogP contribution in [-0.4, -0.2) is 32.5 Å². The number of rotatable bonds is 6. The number of anilines is 3. The molecule has 1 N–H and O–H groups in total. The zero-order valence-corrected chi connectivity index (χ0v) is 19.7. The Hall–Kier alpha value is -4.11. The highest BCUT2D eigenvalue weighted by Gasteiger charge is 2.30. The molecule has 0 amide bonds. The van der Waals surface area contributed by atoms with Crippen molar-refractivity contribution >= 4 is 35.2 Å². The Morgan fingerprint density at radius 2 is 1.71 bits per heavy atom. The van der Waals surface area contributed by atoms with E-state index in [0.717, 1.165) is 28.6 Å². The second-order valence-electron chi connectivity index (χ2n) is 8.31. The van der Waals surface area contributed by atoms with Crippen molar-refractivity contribution in [3.8, 4) is 11.1 Å². The summed E-state index contributed by atoms with van der Waals surface area (Å²) in [5, 5.41) is 15.2. The first-order valence-corrected chi connectivity index (χ1v) is 11.8. The van der Waals surface area contributed by atoms with Crippen LogP contribution in [-0.2, 0) is 0 Å². The van der Waals surface area contributed by atoms with Gasteiger partial charge in [0.05, 0.1) is 4.92 Å². The summed E-state index contributed by atoms with van der Waals surface area (Å²) in [7, 11) is 0. The molecule has 1 aliphatic rings. The Morgan fingerprint density at radius 1 is 1.00 bits per heavy atom. The Bertz CT molecular complexity index is 1380. The Kier molecular flexibility index (Phi) is 6.49. The van der Waals surface area contributed by atoms with Gasteiger partial charge in [0, 0.05) is 31.0 Å². The number of hydrogen-bond donors (Lipinski definition) is 1. The molecule has 0 saturated carbocycles. The SMILES string of the molecule is O=[N+]([O-])c1c(Nc2ccc(-c3cc[c]cc3)cc2)ncnc1N1CCC(n2ccccc2=S)CC1. The van der Waals surface area contributed by atoms with Crippen LogP contribution in [0.3, 0.4) is 0 Å². The smallest absolute Gasteiger partial charge is 0.351 e. The molecule has 1 aliphatic heterocycles. The number of piperidine rings is 1.